The summed E-state index contributed by atoms with van der Waals surface area (Å²) in [5.74, 6) is 0.223. The molecule has 0 spiro atoms. The minimum absolute atomic E-state index is 0.0921. The van der Waals surface area contributed by atoms with Crippen molar-refractivity contribution in [2.75, 3.05) is 25.3 Å². The number of ether oxygens (including phenoxy) is 3. The van der Waals surface area contributed by atoms with Crippen LogP contribution in [0.2, 0.25) is 0 Å². The Bertz CT molecular complexity index is 591. The van der Waals surface area contributed by atoms with Gasteiger partial charge < -0.3 is 19.1 Å². The monoisotopic (exact) mass is 432 g/mol. The van der Waals surface area contributed by atoms with Crippen molar-refractivity contribution >= 4 is 35.8 Å². The van der Waals surface area contributed by atoms with Crippen molar-refractivity contribution in [1.29, 1.82) is 0 Å². The van der Waals surface area contributed by atoms with Crippen LogP contribution in [0.5, 0.6) is 0 Å². The summed E-state index contributed by atoms with van der Waals surface area (Å²) in [6, 6.07) is -1.24. The number of rotatable bonds is 5. The van der Waals surface area contributed by atoms with Gasteiger partial charge in [-0.25, -0.2) is 9.59 Å². The van der Waals surface area contributed by atoms with E-state index >= 15 is 0 Å². The van der Waals surface area contributed by atoms with Gasteiger partial charge in [0.05, 0.1) is 13.0 Å². The molecule has 0 aromatic heterocycles. The Labute approximate surface area is 176 Å². The Morgan fingerprint density at radius 3 is 1.90 bits per heavy atom. The molecule has 1 aliphatic heterocycles. The van der Waals surface area contributed by atoms with Gasteiger partial charge in [-0.3, -0.25) is 9.59 Å². The third-order valence-electron chi connectivity index (χ3n) is 3.69. The lowest BCUT2D eigenvalue weighted by Gasteiger charge is -2.34. The second-order valence-corrected chi connectivity index (χ2v) is 9.68. The van der Waals surface area contributed by atoms with Crippen molar-refractivity contribution < 1.29 is 33.4 Å². The van der Waals surface area contributed by atoms with E-state index in [1.165, 1.54) is 7.11 Å². The van der Waals surface area contributed by atoms with Crippen LogP contribution >= 0.6 is 11.8 Å². The van der Waals surface area contributed by atoms with E-state index in [1.807, 2.05) is 0 Å². The molecule has 0 N–H and O–H groups in total. The fraction of sp³-hybridized carbons (Fsp3) is 0.789. The van der Waals surface area contributed by atoms with E-state index in [-0.39, 0.29) is 12.8 Å². The van der Waals surface area contributed by atoms with Crippen LogP contribution in [0, 0.1) is 0 Å². The SMILES string of the molecule is COC(=O)CC[C@@H](C(=O)N1CCSC1)N(C(=O)OC(C)(C)C)C(=O)OC(C)(C)C. The van der Waals surface area contributed by atoms with E-state index in [1.54, 1.807) is 58.2 Å². The van der Waals surface area contributed by atoms with Crippen LogP contribution < -0.4 is 0 Å². The van der Waals surface area contributed by atoms with Crippen LogP contribution in [0.15, 0.2) is 0 Å². The molecule has 166 valence electrons. The van der Waals surface area contributed by atoms with Crippen LogP contribution in [0.4, 0.5) is 9.59 Å². The van der Waals surface area contributed by atoms with Gasteiger partial charge >= 0.3 is 18.2 Å². The molecule has 0 aliphatic carbocycles. The second-order valence-electron chi connectivity index (χ2n) is 8.60. The maximum Gasteiger partial charge on any atom is 0.420 e. The Balaban J connectivity index is 3.26. The molecule has 0 saturated carbocycles. The summed E-state index contributed by atoms with van der Waals surface area (Å²) in [5, 5.41) is 0. The molecular weight excluding hydrogens is 400 g/mol. The number of imide groups is 1. The van der Waals surface area contributed by atoms with Crippen molar-refractivity contribution in [2.24, 2.45) is 0 Å². The second kappa shape index (κ2) is 10.2. The van der Waals surface area contributed by atoms with Gasteiger partial charge in [-0.15, -0.1) is 11.8 Å². The summed E-state index contributed by atoms with van der Waals surface area (Å²) >= 11 is 1.57. The summed E-state index contributed by atoms with van der Waals surface area (Å²) in [5.41, 5.74) is -1.78. The molecule has 3 amide bonds. The molecule has 29 heavy (non-hydrogen) atoms. The van der Waals surface area contributed by atoms with E-state index in [0.29, 0.717) is 17.3 Å². The van der Waals surface area contributed by atoms with E-state index in [2.05, 4.69) is 4.74 Å². The van der Waals surface area contributed by atoms with Crippen LogP contribution in [0.25, 0.3) is 0 Å². The maximum atomic E-state index is 13.1. The average molecular weight is 433 g/mol. The Hall–Kier alpha value is -1.97. The molecule has 0 aromatic carbocycles. The molecule has 10 heteroatoms. The third-order valence-corrected chi connectivity index (χ3v) is 4.66. The Morgan fingerprint density at radius 1 is 1.00 bits per heavy atom. The van der Waals surface area contributed by atoms with Crippen molar-refractivity contribution in [3.8, 4) is 0 Å². The third kappa shape index (κ3) is 8.51. The van der Waals surface area contributed by atoms with Gasteiger partial charge in [0.15, 0.2) is 0 Å². The first kappa shape index (κ1) is 25.1. The van der Waals surface area contributed by atoms with Gasteiger partial charge in [0.2, 0.25) is 5.91 Å². The van der Waals surface area contributed by atoms with E-state index in [0.717, 1.165) is 5.75 Å². The molecule has 0 radical (unpaired) electrons. The molecular formula is C19H32N2O7S. The van der Waals surface area contributed by atoms with Gasteiger partial charge in [0.1, 0.15) is 17.2 Å². The minimum Gasteiger partial charge on any atom is -0.469 e. The molecule has 1 rings (SSSR count). The van der Waals surface area contributed by atoms with Gasteiger partial charge in [-0.1, -0.05) is 0 Å². The highest BCUT2D eigenvalue weighted by atomic mass is 32.2. The number of amides is 3. The number of esters is 1. The number of carbonyl (C=O) groups excluding carboxylic acids is 4. The lowest BCUT2D eigenvalue weighted by molar-refractivity contribution is -0.142. The first-order chi connectivity index (χ1) is 13.2. The molecule has 9 nitrogen and oxygen atoms in total. The number of hydrogen-bond donors (Lipinski definition) is 0. The van der Waals surface area contributed by atoms with E-state index in [9.17, 15) is 19.2 Å². The number of nitrogens with zero attached hydrogens (tertiary/aromatic N) is 2. The fourth-order valence-electron chi connectivity index (χ4n) is 2.47. The van der Waals surface area contributed by atoms with Gasteiger partial charge in [-0.05, 0) is 48.0 Å². The maximum absolute atomic E-state index is 13.1. The number of carbonyl (C=O) groups is 4. The highest BCUT2D eigenvalue weighted by Gasteiger charge is 2.42. The molecule has 1 fully saturated rings. The van der Waals surface area contributed by atoms with Crippen molar-refractivity contribution in [1.82, 2.24) is 9.80 Å². The van der Waals surface area contributed by atoms with E-state index < -0.39 is 41.3 Å². The number of methoxy groups -OCH3 is 1. The van der Waals surface area contributed by atoms with Crippen LogP contribution in [-0.2, 0) is 23.8 Å². The normalized spacial score (nSPS) is 15.5. The summed E-state index contributed by atoms with van der Waals surface area (Å²) in [4.78, 5) is 52.8. The summed E-state index contributed by atoms with van der Waals surface area (Å²) in [6.45, 7) is 10.4. The lowest BCUT2D eigenvalue weighted by atomic mass is 10.1. The first-order valence-electron chi connectivity index (χ1n) is 9.43. The Morgan fingerprint density at radius 2 is 1.52 bits per heavy atom. The standard InChI is InChI=1S/C19H32N2O7S/c1-18(2,3)27-16(24)21(17(25)28-19(4,5)6)13(8-9-14(22)26-7)15(23)20-10-11-29-12-20/h13H,8-12H2,1-7H3/t13-/m0/s1. The fourth-order valence-corrected chi connectivity index (χ4v) is 3.42. The molecule has 0 aromatic rings. The van der Waals surface area contributed by atoms with Crippen LogP contribution in [0.1, 0.15) is 54.4 Å². The lowest BCUT2D eigenvalue weighted by Crippen LogP contribution is -2.55. The predicted molar refractivity (Wildman–Crippen MR) is 108 cm³/mol. The number of hydrogen-bond acceptors (Lipinski definition) is 8. The predicted octanol–water partition coefficient (Wildman–Crippen LogP) is 3.01. The van der Waals surface area contributed by atoms with Crippen LogP contribution in [0.3, 0.4) is 0 Å². The quantitative estimate of drug-likeness (QED) is 0.482. The molecule has 1 heterocycles. The Kier molecular flexibility index (Phi) is 8.80. The zero-order chi connectivity index (χ0) is 22.4. The van der Waals surface area contributed by atoms with Crippen molar-refractivity contribution in [3.63, 3.8) is 0 Å². The smallest absolute Gasteiger partial charge is 0.420 e. The van der Waals surface area contributed by atoms with Crippen molar-refractivity contribution in [2.45, 2.75) is 71.6 Å². The van der Waals surface area contributed by atoms with Gasteiger partial charge in [0, 0.05) is 18.7 Å². The van der Waals surface area contributed by atoms with Gasteiger partial charge in [-0.2, -0.15) is 4.90 Å². The molecule has 0 unspecified atom stereocenters. The largest absolute Gasteiger partial charge is 0.469 e. The highest BCUT2D eigenvalue weighted by Crippen LogP contribution is 2.23. The van der Waals surface area contributed by atoms with Gasteiger partial charge in [0.25, 0.3) is 0 Å². The minimum atomic E-state index is -1.24. The van der Waals surface area contributed by atoms with Crippen molar-refractivity contribution in [3.05, 3.63) is 0 Å². The zero-order valence-electron chi connectivity index (χ0n) is 18.3. The van der Waals surface area contributed by atoms with E-state index in [4.69, 9.17) is 9.47 Å². The zero-order valence-corrected chi connectivity index (χ0v) is 19.1. The average Bonchev–Trinajstić information content (AvgIpc) is 3.08. The molecule has 1 saturated heterocycles. The molecule has 1 atom stereocenters. The summed E-state index contributed by atoms with van der Waals surface area (Å²) < 4.78 is 15.4. The highest BCUT2D eigenvalue weighted by molar-refractivity contribution is 7.99. The molecule has 1 aliphatic rings. The summed E-state index contributed by atoms with van der Waals surface area (Å²) in [7, 11) is 1.23. The van der Waals surface area contributed by atoms with Crippen LogP contribution in [-0.4, -0.2) is 76.4 Å². The topological polar surface area (TPSA) is 102 Å². The molecule has 0 bridgehead atoms. The summed E-state index contributed by atoms with van der Waals surface area (Å²) in [6.07, 6.45) is -2.23. The number of thioether (sulfide) groups is 1. The first-order valence-corrected chi connectivity index (χ1v) is 10.6.